The third kappa shape index (κ3) is 6.94. The van der Waals surface area contributed by atoms with E-state index in [1.807, 2.05) is 19.1 Å². The van der Waals surface area contributed by atoms with Gasteiger partial charge in [-0.25, -0.2) is 0 Å². The molecule has 5 heteroatoms. The molecular weight excluding hydrogens is 229 g/mol. The van der Waals surface area contributed by atoms with Gasteiger partial charge in [-0.05, 0) is 37.9 Å². The molecule has 1 heterocycles. The van der Waals surface area contributed by atoms with Crippen molar-refractivity contribution in [1.82, 2.24) is 10.3 Å². The third-order valence-electron chi connectivity index (χ3n) is 2.34. The molecule has 0 spiro atoms. The number of alkyl halides is 3. The molecule has 0 amide bonds. The highest BCUT2D eigenvalue weighted by Gasteiger charge is 2.25. The zero-order valence-electron chi connectivity index (χ0n) is 9.85. The molecule has 1 rings (SSSR count). The summed E-state index contributed by atoms with van der Waals surface area (Å²) in [5, 5.41) is 3.08. The van der Waals surface area contributed by atoms with Crippen molar-refractivity contribution in [2.45, 2.75) is 38.9 Å². The van der Waals surface area contributed by atoms with Crippen molar-refractivity contribution in [2.75, 3.05) is 6.54 Å². The molecule has 0 aliphatic rings. The second-order valence-corrected chi connectivity index (χ2v) is 4.08. The first kappa shape index (κ1) is 14.0. The first-order chi connectivity index (χ1) is 7.97. The van der Waals surface area contributed by atoms with Gasteiger partial charge in [0.15, 0.2) is 0 Å². The van der Waals surface area contributed by atoms with E-state index in [1.165, 1.54) is 0 Å². The van der Waals surface area contributed by atoms with Crippen LogP contribution in [0.1, 0.15) is 30.5 Å². The van der Waals surface area contributed by atoms with Crippen molar-refractivity contribution >= 4 is 0 Å². The molecule has 0 aliphatic carbocycles. The summed E-state index contributed by atoms with van der Waals surface area (Å²) in [7, 11) is 0. The lowest BCUT2D eigenvalue weighted by molar-refractivity contribution is -0.135. The maximum atomic E-state index is 11.8. The molecule has 96 valence electrons. The van der Waals surface area contributed by atoms with E-state index in [2.05, 4.69) is 10.3 Å². The van der Waals surface area contributed by atoms with Crippen LogP contribution in [0.15, 0.2) is 18.3 Å². The molecule has 2 nitrogen and oxygen atoms in total. The summed E-state index contributed by atoms with van der Waals surface area (Å²) in [5.41, 5.74) is 2.00. The van der Waals surface area contributed by atoms with Gasteiger partial charge in [0.25, 0.3) is 0 Å². The van der Waals surface area contributed by atoms with Crippen molar-refractivity contribution in [3.8, 4) is 0 Å². The Hall–Kier alpha value is -1.10. The van der Waals surface area contributed by atoms with Crippen LogP contribution in [0.5, 0.6) is 0 Å². The van der Waals surface area contributed by atoms with Crippen LogP contribution in [0.2, 0.25) is 0 Å². The molecule has 0 atom stereocenters. The molecule has 0 saturated heterocycles. The fraction of sp³-hybridized carbons (Fsp3) is 0.583. The first-order valence-corrected chi connectivity index (χ1v) is 5.66. The topological polar surface area (TPSA) is 24.9 Å². The van der Waals surface area contributed by atoms with E-state index in [0.717, 1.165) is 11.3 Å². The van der Waals surface area contributed by atoms with Crippen LogP contribution >= 0.6 is 0 Å². The number of hydrogen-bond donors (Lipinski definition) is 1. The van der Waals surface area contributed by atoms with Gasteiger partial charge in [0.05, 0.1) is 5.69 Å². The Labute approximate surface area is 99.3 Å². The average molecular weight is 246 g/mol. The average Bonchev–Trinajstić information content (AvgIpc) is 2.24. The number of rotatable bonds is 6. The van der Waals surface area contributed by atoms with Gasteiger partial charge in [0.1, 0.15) is 0 Å². The minimum Gasteiger partial charge on any atom is -0.311 e. The lowest BCUT2D eigenvalue weighted by Gasteiger charge is -2.06. The highest BCUT2D eigenvalue weighted by Crippen LogP contribution is 2.21. The highest BCUT2D eigenvalue weighted by atomic mass is 19.4. The maximum absolute atomic E-state index is 11.8. The van der Waals surface area contributed by atoms with Crippen molar-refractivity contribution in [3.63, 3.8) is 0 Å². The van der Waals surface area contributed by atoms with E-state index in [1.54, 1.807) is 6.20 Å². The molecule has 0 aromatic carbocycles. The minimum absolute atomic E-state index is 0.178. The van der Waals surface area contributed by atoms with Crippen molar-refractivity contribution in [3.05, 3.63) is 29.6 Å². The first-order valence-electron chi connectivity index (χ1n) is 5.66. The van der Waals surface area contributed by atoms with Crippen molar-refractivity contribution in [2.24, 2.45) is 0 Å². The molecule has 17 heavy (non-hydrogen) atoms. The Morgan fingerprint density at radius 1 is 1.24 bits per heavy atom. The quantitative estimate of drug-likeness (QED) is 0.779. The number of unbranched alkanes of at least 4 members (excludes halogenated alkanes) is 1. The summed E-state index contributed by atoms with van der Waals surface area (Å²) in [5.74, 6) is 0. The lowest BCUT2D eigenvalue weighted by Crippen LogP contribution is -2.16. The molecule has 0 radical (unpaired) electrons. The molecule has 0 aliphatic heterocycles. The van der Waals surface area contributed by atoms with Gasteiger partial charge in [0, 0.05) is 19.2 Å². The van der Waals surface area contributed by atoms with E-state index < -0.39 is 12.6 Å². The van der Waals surface area contributed by atoms with E-state index in [-0.39, 0.29) is 6.42 Å². The van der Waals surface area contributed by atoms with Crippen LogP contribution in [0.25, 0.3) is 0 Å². The number of nitrogens with zero attached hydrogens (tertiary/aromatic N) is 1. The monoisotopic (exact) mass is 246 g/mol. The largest absolute Gasteiger partial charge is 0.389 e. The number of aryl methyl sites for hydroxylation is 1. The van der Waals surface area contributed by atoms with Crippen LogP contribution < -0.4 is 5.32 Å². The van der Waals surface area contributed by atoms with Crippen LogP contribution in [0, 0.1) is 6.92 Å². The predicted octanol–water partition coefficient (Wildman–Crippen LogP) is 3.21. The molecule has 1 aromatic heterocycles. The van der Waals surface area contributed by atoms with Gasteiger partial charge in [0.2, 0.25) is 0 Å². The smallest absolute Gasteiger partial charge is 0.311 e. The molecule has 0 unspecified atom stereocenters. The number of nitrogens with one attached hydrogen (secondary N) is 1. The second kappa shape index (κ2) is 6.59. The Kier molecular flexibility index (Phi) is 5.41. The van der Waals surface area contributed by atoms with E-state index >= 15 is 0 Å². The number of hydrogen-bond acceptors (Lipinski definition) is 2. The Morgan fingerprint density at radius 2 is 2.00 bits per heavy atom. The van der Waals surface area contributed by atoms with Gasteiger partial charge < -0.3 is 5.32 Å². The predicted molar refractivity (Wildman–Crippen MR) is 60.6 cm³/mol. The van der Waals surface area contributed by atoms with Gasteiger partial charge in [-0.3, -0.25) is 4.98 Å². The zero-order chi connectivity index (χ0) is 12.7. The van der Waals surface area contributed by atoms with Crippen LogP contribution in [0.3, 0.4) is 0 Å². The summed E-state index contributed by atoms with van der Waals surface area (Å²) < 4.78 is 35.5. The second-order valence-electron chi connectivity index (χ2n) is 4.08. The Morgan fingerprint density at radius 3 is 2.59 bits per heavy atom. The van der Waals surface area contributed by atoms with Crippen LogP contribution in [-0.2, 0) is 6.54 Å². The van der Waals surface area contributed by atoms with Crippen molar-refractivity contribution < 1.29 is 13.2 Å². The minimum atomic E-state index is -4.03. The molecule has 0 bridgehead atoms. The van der Waals surface area contributed by atoms with Gasteiger partial charge in [-0.15, -0.1) is 0 Å². The molecule has 1 N–H and O–H groups in total. The van der Waals surface area contributed by atoms with E-state index in [4.69, 9.17) is 0 Å². The summed E-state index contributed by atoms with van der Waals surface area (Å²) in [6, 6.07) is 3.88. The summed E-state index contributed by atoms with van der Waals surface area (Å²) >= 11 is 0. The summed E-state index contributed by atoms with van der Waals surface area (Å²) in [6.07, 6.45) is -2.24. The molecule has 1 aromatic rings. The van der Waals surface area contributed by atoms with Gasteiger partial charge in [-0.1, -0.05) is 6.07 Å². The SMILES string of the molecule is Cc1ccc(CNCCCCC(F)(F)F)nc1. The summed E-state index contributed by atoms with van der Waals surface area (Å²) in [6.45, 7) is 3.15. The molecular formula is C12H17F3N2. The lowest BCUT2D eigenvalue weighted by atomic mass is 10.2. The van der Waals surface area contributed by atoms with E-state index in [9.17, 15) is 13.2 Å². The fourth-order valence-corrected chi connectivity index (χ4v) is 1.39. The number of aromatic nitrogens is 1. The van der Waals surface area contributed by atoms with E-state index in [0.29, 0.717) is 19.5 Å². The highest BCUT2D eigenvalue weighted by molar-refractivity contribution is 5.11. The molecule has 0 fully saturated rings. The van der Waals surface area contributed by atoms with Crippen LogP contribution in [0.4, 0.5) is 13.2 Å². The standard InChI is InChI=1S/C12H17F3N2/c1-10-4-5-11(17-8-10)9-16-7-3-2-6-12(13,14)15/h4-5,8,16H,2-3,6-7,9H2,1H3. The van der Waals surface area contributed by atoms with Gasteiger partial charge in [-0.2, -0.15) is 13.2 Å². The fourth-order valence-electron chi connectivity index (χ4n) is 1.39. The Balaban J connectivity index is 2.07. The third-order valence-corrected chi connectivity index (χ3v) is 2.34. The van der Waals surface area contributed by atoms with Gasteiger partial charge >= 0.3 is 6.18 Å². The maximum Gasteiger partial charge on any atom is 0.389 e. The molecule has 0 saturated carbocycles. The number of pyridine rings is 1. The summed E-state index contributed by atoms with van der Waals surface area (Å²) in [4.78, 5) is 4.19. The number of halogens is 3. The normalized spacial score (nSPS) is 11.8. The zero-order valence-corrected chi connectivity index (χ0v) is 9.85. The Bertz CT molecular complexity index is 320. The van der Waals surface area contributed by atoms with Crippen molar-refractivity contribution in [1.29, 1.82) is 0 Å². The van der Waals surface area contributed by atoms with Crippen LogP contribution in [-0.4, -0.2) is 17.7 Å².